The molecule has 0 radical (unpaired) electrons. The van der Waals surface area contributed by atoms with Crippen molar-refractivity contribution < 1.29 is 24.2 Å². The Morgan fingerprint density at radius 3 is 2.62 bits per heavy atom. The Labute approximate surface area is 76.6 Å². The highest BCUT2D eigenvalue weighted by atomic mass is 16.6. The summed E-state index contributed by atoms with van der Waals surface area (Å²) in [6.07, 6.45) is 0.470. The summed E-state index contributed by atoms with van der Waals surface area (Å²) < 4.78 is 9.45. The van der Waals surface area contributed by atoms with Gasteiger partial charge in [0, 0.05) is 13.0 Å². The Hall–Kier alpha value is -1.10. The van der Waals surface area contributed by atoms with E-state index >= 15 is 0 Å². The lowest BCUT2D eigenvalue weighted by atomic mass is 10.3. The normalized spacial score (nSPS) is 9.62. The summed E-state index contributed by atoms with van der Waals surface area (Å²) in [4.78, 5) is 20.7. The molecule has 0 spiro atoms. The molecule has 0 bridgehead atoms. The van der Waals surface area contributed by atoms with Crippen molar-refractivity contribution in [1.82, 2.24) is 0 Å². The average molecular weight is 190 g/mol. The molecule has 0 amide bonds. The topological polar surface area (TPSA) is 72.8 Å². The Balaban J connectivity index is 3.16. The number of ether oxygens (including phenoxy) is 2. The zero-order valence-electron chi connectivity index (χ0n) is 7.62. The van der Waals surface area contributed by atoms with Gasteiger partial charge in [-0.15, -0.1) is 0 Å². The molecule has 0 atom stereocenters. The third-order valence-electron chi connectivity index (χ3n) is 1.20. The molecule has 0 fully saturated rings. The van der Waals surface area contributed by atoms with Crippen LogP contribution in [0.15, 0.2) is 0 Å². The van der Waals surface area contributed by atoms with E-state index < -0.39 is 11.9 Å². The fourth-order valence-electron chi connectivity index (χ4n) is 0.684. The second kappa shape index (κ2) is 7.54. The van der Waals surface area contributed by atoms with Gasteiger partial charge in [-0.25, -0.2) is 4.79 Å². The van der Waals surface area contributed by atoms with Crippen molar-refractivity contribution in [3.8, 4) is 0 Å². The summed E-state index contributed by atoms with van der Waals surface area (Å²) in [5.41, 5.74) is 0. The molecule has 0 aliphatic carbocycles. The van der Waals surface area contributed by atoms with E-state index in [1.807, 2.05) is 0 Å². The van der Waals surface area contributed by atoms with Crippen LogP contribution >= 0.6 is 0 Å². The number of aliphatic carboxylic acids is 1. The quantitative estimate of drug-likeness (QED) is 0.465. The Bertz CT molecular complexity index is 166. The highest BCUT2D eigenvalue weighted by Gasteiger charge is 2.01. The van der Waals surface area contributed by atoms with Crippen molar-refractivity contribution >= 4 is 11.9 Å². The summed E-state index contributed by atoms with van der Waals surface area (Å²) >= 11 is 0. The van der Waals surface area contributed by atoms with Gasteiger partial charge in [0.2, 0.25) is 0 Å². The van der Waals surface area contributed by atoms with E-state index in [-0.39, 0.29) is 19.6 Å². The van der Waals surface area contributed by atoms with Gasteiger partial charge in [0.05, 0.1) is 6.61 Å². The molecular weight excluding hydrogens is 176 g/mol. The molecule has 0 aromatic carbocycles. The van der Waals surface area contributed by atoms with Crippen molar-refractivity contribution in [1.29, 1.82) is 0 Å². The van der Waals surface area contributed by atoms with E-state index in [9.17, 15) is 9.59 Å². The van der Waals surface area contributed by atoms with Gasteiger partial charge in [-0.3, -0.25) is 4.79 Å². The smallest absolute Gasteiger partial charge is 0.332 e. The monoisotopic (exact) mass is 190 g/mol. The van der Waals surface area contributed by atoms with Gasteiger partial charge in [0.25, 0.3) is 0 Å². The second-order valence-corrected chi connectivity index (χ2v) is 2.35. The molecule has 0 heterocycles. The number of hydrogen-bond acceptors (Lipinski definition) is 4. The van der Waals surface area contributed by atoms with Gasteiger partial charge < -0.3 is 14.6 Å². The number of hydrogen-bond donors (Lipinski definition) is 1. The third-order valence-corrected chi connectivity index (χ3v) is 1.20. The fraction of sp³-hybridized carbons (Fsp3) is 0.750. The van der Waals surface area contributed by atoms with E-state index in [1.54, 1.807) is 6.92 Å². The SMILES string of the molecule is CCOC(=O)COCCCC(=O)O. The van der Waals surface area contributed by atoms with Crippen LogP contribution in [0, 0.1) is 0 Å². The minimum atomic E-state index is -0.861. The van der Waals surface area contributed by atoms with Gasteiger partial charge in [-0.05, 0) is 13.3 Å². The number of carbonyl (C=O) groups is 2. The molecule has 5 heteroatoms. The molecule has 0 rings (SSSR count). The highest BCUT2D eigenvalue weighted by Crippen LogP contribution is 1.90. The number of carboxylic acid groups (broad SMARTS) is 1. The summed E-state index contributed by atoms with van der Waals surface area (Å²) in [6, 6.07) is 0. The van der Waals surface area contributed by atoms with Gasteiger partial charge in [0.1, 0.15) is 6.61 Å². The van der Waals surface area contributed by atoms with Gasteiger partial charge in [0.15, 0.2) is 0 Å². The Morgan fingerprint density at radius 2 is 2.08 bits per heavy atom. The zero-order chi connectivity index (χ0) is 10.1. The van der Waals surface area contributed by atoms with Crippen LogP contribution < -0.4 is 0 Å². The molecular formula is C8H14O5. The molecule has 0 saturated carbocycles. The number of esters is 1. The fourth-order valence-corrected chi connectivity index (χ4v) is 0.684. The summed E-state index contributed by atoms with van der Waals surface area (Å²) in [5, 5.41) is 8.26. The maximum atomic E-state index is 10.7. The van der Waals surface area contributed by atoms with Crippen molar-refractivity contribution in [2.75, 3.05) is 19.8 Å². The molecule has 5 nitrogen and oxygen atoms in total. The summed E-state index contributed by atoms with van der Waals surface area (Å²) in [7, 11) is 0. The summed E-state index contributed by atoms with van der Waals surface area (Å²) in [6.45, 7) is 2.21. The molecule has 13 heavy (non-hydrogen) atoms. The van der Waals surface area contributed by atoms with Crippen LogP contribution in [0.5, 0.6) is 0 Å². The van der Waals surface area contributed by atoms with E-state index in [4.69, 9.17) is 9.84 Å². The lowest BCUT2D eigenvalue weighted by Crippen LogP contribution is -2.13. The predicted molar refractivity (Wildman–Crippen MR) is 44.3 cm³/mol. The minimum absolute atomic E-state index is 0.0584. The molecule has 76 valence electrons. The van der Waals surface area contributed by atoms with E-state index in [0.29, 0.717) is 13.0 Å². The van der Waals surface area contributed by atoms with Crippen LogP contribution in [-0.4, -0.2) is 36.9 Å². The van der Waals surface area contributed by atoms with Gasteiger partial charge in [-0.2, -0.15) is 0 Å². The molecule has 0 aromatic heterocycles. The highest BCUT2D eigenvalue weighted by molar-refractivity contribution is 5.70. The van der Waals surface area contributed by atoms with Crippen molar-refractivity contribution in [3.05, 3.63) is 0 Å². The van der Waals surface area contributed by atoms with Crippen LogP contribution in [0.2, 0.25) is 0 Å². The van der Waals surface area contributed by atoms with Crippen LogP contribution in [0.25, 0.3) is 0 Å². The van der Waals surface area contributed by atoms with Crippen molar-refractivity contribution in [3.63, 3.8) is 0 Å². The standard InChI is InChI=1S/C8H14O5/c1-2-13-8(11)6-12-5-3-4-7(9)10/h2-6H2,1H3,(H,9,10). The molecule has 0 saturated heterocycles. The Kier molecular flexibility index (Phi) is 6.91. The first-order valence-corrected chi connectivity index (χ1v) is 4.12. The van der Waals surface area contributed by atoms with Crippen LogP contribution in [0.3, 0.4) is 0 Å². The second-order valence-electron chi connectivity index (χ2n) is 2.35. The maximum absolute atomic E-state index is 10.7. The van der Waals surface area contributed by atoms with Gasteiger partial charge >= 0.3 is 11.9 Å². The van der Waals surface area contributed by atoms with Crippen LogP contribution in [0.1, 0.15) is 19.8 Å². The maximum Gasteiger partial charge on any atom is 0.332 e. The van der Waals surface area contributed by atoms with E-state index in [0.717, 1.165) is 0 Å². The van der Waals surface area contributed by atoms with Crippen molar-refractivity contribution in [2.45, 2.75) is 19.8 Å². The zero-order valence-corrected chi connectivity index (χ0v) is 7.62. The molecule has 0 aliphatic heterocycles. The molecule has 0 unspecified atom stereocenters. The lowest BCUT2D eigenvalue weighted by molar-refractivity contribution is -0.148. The first kappa shape index (κ1) is 11.9. The minimum Gasteiger partial charge on any atom is -0.481 e. The Morgan fingerprint density at radius 1 is 1.38 bits per heavy atom. The number of rotatable bonds is 7. The molecule has 0 aliphatic rings. The first-order valence-electron chi connectivity index (χ1n) is 4.12. The molecule has 1 N–H and O–H groups in total. The summed E-state index contributed by atoms with van der Waals surface area (Å²) in [5.74, 6) is -1.28. The molecule has 0 aromatic rings. The van der Waals surface area contributed by atoms with Crippen LogP contribution in [-0.2, 0) is 19.1 Å². The van der Waals surface area contributed by atoms with Crippen LogP contribution in [0.4, 0.5) is 0 Å². The van der Waals surface area contributed by atoms with E-state index in [1.165, 1.54) is 0 Å². The number of carboxylic acids is 1. The number of carbonyl (C=O) groups excluding carboxylic acids is 1. The average Bonchev–Trinajstić information content (AvgIpc) is 2.03. The van der Waals surface area contributed by atoms with Gasteiger partial charge in [-0.1, -0.05) is 0 Å². The van der Waals surface area contributed by atoms with E-state index in [2.05, 4.69) is 4.74 Å². The lowest BCUT2D eigenvalue weighted by Gasteiger charge is -2.02. The predicted octanol–water partition coefficient (Wildman–Crippen LogP) is 0.431. The first-order chi connectivity index (χ1) is 6.16. The largest absolute Gasteiger partial charge is 0.481 e. The third kappa shape index (κ3) is 8.81. The van der Waals surface area contributed by atoms with Crippen molar-refractivity contribution in [2.24, 2.45) is 0 Å².